The molecular weight excluding hydrogens is 280 g/mol. The minimum absolute atomic E-state index is 0.174. The molecule has 2 rings (SSSR count). The van der Waals surface area contributed by atoms with E-state index in [1.54, 1.807) is 0 Å². The van der Waals surface area contributed by atoms with E-state index in [1.807, 2.05) is 0 Å². The molecule has 0 radical (unpaired) electrons. The molecule has 0 saturated heterocycles. The zero-order chi connectivity index (χ0) is 12.4. The summed E-state index contributed by atoms with van der Waals surface area (Å²) in [6.45, 7) is 2.27. The van der Waals surface area contributed by atoms with Gasteiger partial charge in [-0.05, 0) is 83.6 Å². The molecule has 0 atom stereocenters. The van der Waals surface area contributed by atoms with Gasteiger partial charge >= 0.3 is 0 Å². The van der Waals surface area contributed by atoms with Crippen molar-refractivity contribution in [2.24, 2.45) is 0 Å². The number of hydrogen-bond donors (Lipinski definition) is 2. The van der Waals surface area contributed by atoms with Crippen molar-refractivity contribution in [1.29, 1.82) is 0 Å². The number of aromatic hydroxyl groups is 1. The molecule has 94 valence electrons. The maximum atomic E-state index is 10.2. The van der Waals surface area contributed by atoms with Crippen LogP contribution in [0, 0.1) is 6.92 Å². The smallest absolute Gasteiger partial charge is 0.133 e. The molecule has 0 aromatic heterocycles. The van der Waals surface area contributed by atoms with E-state index in [4.69, 9.17) is 5.11 Å². The van der Waals surface area contributed by atoms with Crippen LogP contribution in [0.3, 0.4) is 0 Å². The quantitative estimate of drug-likeness (QED) is 0.899. The lowest BCUT2D eigenvalue weighted by Crippen LogP contribution is -2.09. The van der Waals surface area contributed by atoms with Gasteiger partial charge in [-0.25, -0.2) is 0 Å². The Kier molecular flexibility index (Phi) is 4.10. The highest BCUT2D eigenvalue weighted by Gasteiger charge is 2.21. The molecule has 0 aliphatic heterocycles. The molecule has 0 saturated carbocycles. The topological polar surface area (TPSA) is 40.5 Å². The lowest BCUT2D eigenvalue weighted by Gasteiger charge is -2.23. The van der Waals surface area contributed by atoms with E-state index in [2.05, 4.69) is 22.9 Å². The number of aliphatic hydroxyl groups excluding tert-OH is 1. The molecule has 1 aromatic carbocycles. The highest BCUT2D eigenvalue weighted by molar-refractivity contribution is 9.10. The lowest BCUT2D eigenvalue weighted by molar-refractivity contribution is 0.288. The third-order valence-electron chi connectivity index (χ3n) is 3.72. The van der Waals surface area contributed by atoms with Crippen LogP contribution in [0.2, 0.25) is 0 Å². The van der Waals surface area contributed by atoms with Crippen molar-refractivity contribution >= 4 is 15.9 Å². The number of hydrogen-bond acceptors (Lipinski definition) is 2. The van der Waals surface area contributed by atoms with E-state index in [9.17, 15) is 5.11 Å². The van der Waals surface area contributed by atoms with Crippen LogP contribution in [0.1, 0.15) is 41.5 Å². The molecule has 17 heavy (non-hydrogen) atoms. The van der Waals surface area contributed by atoms with Crippen molar-refractivity contribution in [2.75, 3.05) is 6.61 Å². The summed E-state index contributed by atoms with van der Waals surface area (Å²) in [5, 5.41) is 19.2. The maximum absolute atomic E-state index is 10.2. The van der Waals surface area contributed by atoms with Crippen LogP contribution >= 0.6 is 15.9 Å². The lowest BCUT2D eigenvalue weighted by atomic mass is 9.85. The summed E-state index contributed by atoms with van der Waals surface area (Å²) in [5.41, 5.74) is 4.94. The largest absolute Gasteiger partial charge is 0.506 e. The van der Waals surface area contributed by atoms with Crippen LogP contribution in [-0.2, 0) is 19.3 Å². The molecule has 0 fully saturated rings. The van der Waals surface area contributed by atoms with Gasteiger partial charge in [-0.3, -0.25) is 0 Å². The molecule has 3 heteroatoms. The Morgan fingerprint density at radius 2 is 1.82 bits per heavy atom. The molecule has 0 amide bonds. The summed E-state index contributed by atoms with van der Waals surface area (Å²) in [6, 6.07) is 0. The summed E-state index contributed by atoms with van der Waals surface area (Å²) in [4.78, 5) is 0. The number of rotatable bonds is 3. The standard InChI is InChI=1S/C14H19BrO2/c1-9-10-5-2-3-6-12(10)13(15)14(17)11(9)7-4-8-16/h16-17H,2-8H2,1H3. The molecule has 0 heterocycles. The second kappa shape index (κ2) is 5.40. The fourth-order valence-electron chi connectivity index (χ4n) is 2.76. The molecule has 0 unspecified atom stereocenters. The average molecular weight is 299 g/mol. The van der Waals surface area contributed by atoms with Gasteiger partial charge in [0, 0.05) is 6.61 Å². The fourth-order valence-corrected chi connectivity index (χ4v) is 3.44. The van der Waals surface area contributed by atoms with Crippen LogP contribution in [0.4, 0.5) is 0 Å². The number of phenols is 1. The zero-order valence-corrected chi connectivity index (χ0v) is 11.8. The molecule has 1 aromatic rings. The summed E-state index contributed by atoms with van der Waals surface area (Å²) in [7, 11) is 0. The second-order valence-corrected chi connectivity index (χ2v) is 5.55. The van der Waals surface area contributed by atoms with Crippen molar-refractivity contribution < 1.29 is 10.2 Å². The summed E-state index contributed by atoms with van der Waals surface area (Å²) < 4.78 is 0.880. The Hall–Kier alpha value is -0.540. The van der Waals surface area contributed by atoms with Gasteiger partial charge in [-0.15, -0.1) is 0 Å². The molecule has 2 nitrogen and oxygen atoms in total. The molecule has 2 N–H and O–H groups in total. The van der Waals surface area contributed by atoms with Crippen molar-refractivity contribution in [3.8, 4) is 5.75 Å². The summed E-state index contributed by atoms with van der Waals surface area (Å²) in [6.07, 6.45) is 6.08. The molecule has 1 aliphatic rings. The number of aliphatic hydroxyl groups is 1. The average Bonchev–Trinajstić information content (AvgIpc) is 2.36. The normalized spacial score (nSPS) is 14.8. The summed E-state index contributed by atoms with van der Waals surface area (Å²) in [5.74, 6) is 0.386. The van der Waals surface area contributed by atoms with E-state index in [0.29, 0.717) is 12.2 Å². The second-order valence-electron chi connectivity index (χ2n) is 4.76. The van der Waals surface area contributed by atoms with Gasteiger partial charge in [0.25, 0.3) is 0 Å². The molecular formula is C14H19BrO2. The van der Waals surface area contributed by atoms with Crippen molar-refractivity contribution in [2.45, 2.75) is 45.4 Å². The summed E-state index contributed by atoms with van der Waals surface area (Å²) >= 11 is 3.53. The third-order valence-corrected chi connectivity index (χ3v) is 4.57. The van der Waals surface area contributed by atoms with Crippen molar-refractivity contribution in [3.63, 3.8) is 0 Å². The highest BCUT2D eigenvalue weighted by atomic mass is 79.9. The third kappa shape index (κ3) is 2.36. The molecule has 0 bridgehead atoms. The minimum Gasteiger partial charge on any atom is -0.506 e. The van der Waals surface area contributed by atoms with Gasteiger partial charge < -0.3 is 10.2 Å². The first-order chi connectivity index (χ1) is 8.16. The van der Waals surface area contributed by atoms with E-state index in [1.165, 1.54) is 29.5 Å². The van der Waals surface area contributed by atoms with Crippen LogP contribution in [0.25, 0.3) is 0 Å². The van der Waals surface area contributed by atoms with Gasteiger partial charge in [0.2, 0.25) is 0 Å². The number of fused-ring (bicyclic) bond motifs is 1. The van der Waals surface area contributed by atoms with Crippen LogP contribution in [0.15, 0.2) is 4.47 Å². The highest BCUT2D eigenvalue weighted by Crippen LogP contribution is 2.40. The fraction of sp³-hybridized carbons (Fsp3) is 0.571. The Bertz CT molecular complexity index is 427. The first-order valence-corrected chi connectivity index (χ1v) is 7.08. The molecule has 0 spiro atoms. The Morgan fingerprint density at radius 3 is 2.47 bits per heavy atom. The van der Waals surface area contributed by atoms with Gasteiger partial charge in [0.15, 0.2) is 0 Å². The number of phenolic OH excluding ortho intramolecular Hbond substituents is 1. The van der Waals surface area contributed by atoms with E-state index in [0.717, 1.165) is 29.3 Å². The van der Waals surface area contributed by atoms with Gasteiger partial charge in [-0.1, -0.05) is 0 Å². The van der Waals surface area contributed by atoms with Gasteiger partial charge in [0.05, 0.1) is 4.47 Å². The van der Waals surface area contributed by atoms with E-state index in [-0.39, 0.29) is 6.61 Å². The van der Waals surface area contributed by atoms with E-state index < -0.39 is 0 Å². The van der Waals surface area contributed by atoms with Crippen molar-refractivity contribution in [3.05, 3.63) is 26.7 Å². The minimum atomic E-state index is 0.174. The number of benzene rings is 1. The Balaban J connectivity index is 2.49. The number of halogens is 1. The SMILES string of the molecule is Cc1c(CCCO)c(O)c(Br)c2c1CCCC2. The zero-order valence-electron chi connectivity index (χ0n) is 10.2. The van der Waals surface area contributed by atoms with Gasteiger partial charge in [0.1, 0.15) is 5.75 Å². The Labute approximate surface area is 111 Å². The predicted molar refractivity (Wildman–Crippen MR) is 72.6 cm³/mol. The van der Waals surface area contributed by atoms with E-state index >= 15 is 0 Å². The first kappa shape index (κ1) is 12.9. The van der Waals surface area contributed by atoms with Crippen LogP contribution < -0.4 is 0 Å². The Morgan fingerprint density at radius 1 is 1.18 bits per heavy atom. The maximum Gasteiger partial charge on any atom is 0.133 e. The monoisotopic (exact) mass is 298 g/mol. The van der Waals surface area contributed by atoms with Crippen LogP contribution in [0.5, 0.6) is 5.75 Å². The first-order valence-electron chi connectivity index (χ1n) is 6.29. The molecule has 1 aliphatic carbocycles. The van der Waals surface area contributed by atoms with Crippen molar-refractivity contribution in [1.82, 2.24) is 0 Å². The van der Waals surface area contributed by atoms with Crippen LogP contribution in [-0.4, -0.2) is 16.8 Å². The van der Waals surface area contributed by atoms with Gasteiger partial charge in [-0.2, -0.15) is 0 Å². The predicted octanol–water partition coefficient (Wildman–Crippen LogP) is 3.27.